The molecule has 2 aromatic rings. The van der Waals surface area contributed by atoms with Crippen LogP contribution in [0.2, 0.25) is 0 Å². The average molecular weight is 403 g/mol. The lowest BCUT2D eigenvalue weighted by atomic mass is 10.1. The maximum atomic E-state index is 13.0. The number of halogens is 1. The fraction of sp³-hybridized carbons (Fsp3) is 0.478. The molecule has 0 aliphatic rings. The van der Waals surface area contributed by atoms with E-state index in [0.717, 1.165) is 18.4 Å². The van der Waals surface area contributed by atoms with Crippen LogP contribution in [-0.2, 0) is 11.2 Å². The average Bonchev–Trinajstić information content (AvgIpc) is 3.11. The zero-order chi connectivity index (χ0) is 21.4. The first-order valence-electron chi connectivity index (χ1n) is 10.0. The third-order valence-electron chi connectivity index (χ3n) is 4.54. The van der Waals surface area contributed by atoms with Crippen LogP contribution in [0.25, 0.3) is 0 Å². The summed E-state index contributed by atoms with van der Waals surface area (Å²) in [5.41, 5.74) is 0.439. The maximum Gasteiger partial charge on any atom is 0.410 e. The quantitative estimate of drug-likeness (QED) is 0.403. The van der Waals surface area contributed by atoms with Crippen molar-refractivity contribution in [1.29, 1.82) is 0 Å². The number of carbonyl (C=O) groups is 2. The van der Waals surface area contributed by atoms with E-state index >= 15 is 0 Å². The summed E-state index contributed by atoms with van der Waals surface area (Å²) >= 11 is 0. The number of hydrogen-bond acceptors (Lipinski definition) is 4. The number of furan rings is 1. The summed E-state index contributed by atoms with van der Waals surface area (Å²) < 4.78 is 24.0. The Balaban J connectivity index is 1.95. The fourth-order valence-corrected chi connectivity index (χ4v) is 2.85. The Hall–Kier alpha value is -2.63. The minimum atomic E-state index is -0.458. The first kappa shape index (κ1) is 22.7. The number of rotatable bonds is 9. The van der Waals surface area contributed by atoms with Gasteiger partial charge in [-0.1, -0.05) is 25.5 Å². The molecule has 1 amide bonds. The van der Waals surface area contributed by atoms with Crippen molar-refractivity contribution in [2.75, 3.05) is 13.2 Å². The van der Waals surface area contributed by atoms with Gasteiger partial charge in [0.25, 0.3) is 0 Å². The van der Waals surface area contributed by atoms with Gasteiger partial charge in [-0.15, -0.1) is 0 Å². The Bertz CT molecular complexity index is 805. The summed E-state index contributed by atoms with van der Waals surface area (Å²) in [7, 11) is 0. The predicted octanol–water partition coefficient (Wildman–Crippen LogP) is 5.62. The summed E-state index contributed by atoms with van der Waals surface area (Å²) in [6.07, 6.45) is 1.97. The van der Waals surface area contributed by atoms with Crippen molar-refractivity contribution >= 4 is 11.9 Å². The molecule has 29 heavy (non-hydrogen) atoms. The number of carbonyl (C=O) groups excluding carboxylic acids is 2. The van der Waals surface area contributed by atoms with Gasteiger partial charge >= 0.3 is 6.09 Å². The van der Waals surface area contributed by atoms with Crippen molar-refractivity contribution in [1.82, 2.24) is 4.90 Å². The van der Waals surface area contributed by atoms with Crippen LogP contribution in [0.4, 0.5) is 9.18 Å². The lowest BCUT2D eigenvalue weighted by Gasteiger charge is -2.34. The molecule has 0 saturated carbocycles. The summed E-state index contributed by atoms with van der Waals surface area (Å²) in [5.74, 6) is 0.425. The second kappa shape index (κ2) is 10.2. The first-order valence-corrected chi connectivity index (χ1v) is 10.0. The Morgan fingerprint density at radius 3 is 2.41 bits per heavy atom. The van der Waals surface area contributed by atoms with Crippen molar-refractivity contribution in [3.05, 3.63) is 59.3 Å². The number of ether oxygens (including phenoxy) is 1. The highest BCUT2D eigenvalue weighted by Gasteiger charge is 2.28. The standard InChI is InChI=1S/C23H30FNO4/c1-5-6-15-28-22(27)25(23(2,3)4)14-13-20(26)21-12-11-19(29-21)16-17-7-9-18(24)10-8-17/h7-12H,5-6,13-16H2,1-4H3. The van der Waals surface area contributed by atoms with Gasteiger partial charge in [-0.2, -0.15) is 0 Å². The largest absolute Gasteiger partial charge is 0.458 e. The zero-order valence-corrected chi connectivity index (χ0v) is 17.7. The molecule has 0 radical (unpaired) electrons. The van der Waals surface area contributed by atoms with Crippen LogP contribution in [0.5, 0.6) is 0 Å². The van der Waals surface area contributed by atoms with E-state index in [4.69, 9.17) is 9.15 Å². The Kier molecular flexibility index (Phi) is 8.00. The normalized spacial score (nSPS) is 11.3. The lowest BCUT2D eigenvalue weighted by Crippen LogP contribution is -2.47. The summed E-state index contributed by atoms with van der Waals surface area (Å²) in [4.78, 5) is 26.5. The van der Waals surface area contributed by atoms with Crippen LogP contribution < -0.4 is 0 Å². The van der Waals surface area contributed by atoms with Gasteiger partial charge in [0.05, 0.1) is 6.61 Å². The molecule has 2 rings (SSSR count). The molecular formula is C23H30FNO4. The second-order valence-electron chi connectivity index (χ2n) is 8.03. The monoisotopic (exact) mass is 403 g/mol. The maximum absolute atomic E-state index is 13.0. The zero-order valence-electron chi connectivity index (χ0n) is 17.7. The molecule has 0 atom stereocenters. The van der Waals surface area contributed by atoms with E-state index in [1.54, 1.807) is 29.2 Å². The van der Waals surface area contributed by atoms with Crippen molar-refractivity contribution in [2.24, 2.45) is 0 Å². The molecule has 0 spiro atoms. The highest BCUT2D eigenvalue weighted by atomic mass is 19.1. The van der Waals surface area contributed by atoms with Crippen molar-refractivity contribution in [3.63, 3.8) is 0 Å². The van der Waals surface area contributed by atoms with Crippen LogP contribution in [0, 0.1) is 5.82 Å². The van der Waals surface area contributed by atoms with Gasteiger partial charge in [0.2, 0.25) is 0 Å². The molecule has 0 fully saturated rings. The minimum Gasteiger partial charge on any atom is -0.458 e. The third kappa shape index (κ3) is 7.04. The number of hydrogen-bond donors (Lipinski definition) is 0. The van der Waals surface area contributed by atoms with E-state index in [-0.39, 0.29) is 30.3 Å². The molecule has 5 nitrogen and oxygen atoms in total. The summed E-state index contributed by atoms with van der Waals surface area (Å²) in [6.45, 7) is 8.38. The van der Waals surface area contributed by atoms with Gasteiger partial charge in [0.15, 0.2) is 11.5 Å². The second-order valence-corrected chi connectivity index (χ2v) is 8.03. The van der Waals surface area contributed by atoms with E-state index in [1.807, 2.05) is 27.7 Å². The fourth-order valence-electron chi connectivity index (χ4n) is 2.85. The number of ketones is 1. The van der Waals surface area contributed by atoms with E-state index in [1.165, 1.54) is 12.1 Å². The molecule has 1 aromatic heterocycles. The molecule has 1 aromatic carbocycles. The van der Waals surface area contributed by atoms with Crippen molar-refractivity contribution in [3.8, 4) is 0 Å². The molecule has 0 unspecified atom stereocenters. The van der Waals surface area contributed by atoms with Crippen molar-refractivity contribution in [2.45, 2.75) is 58.9 Å². The number of amides is 1. The van der Waals surface area contributed by atoms with E-state index in [9.17, 15) is 14.0 Å². The van der Waals surface area contributed by atoms with Crippen LogP contribution in [0.15, 0.2) is 40.8 Å². The van der Waals surface area contributed by atoms with E-state index < -0.39 is 11.6 Å². The molecule has 158 valence electrons. The molecule has 0 aliphatic heterocycles. The minimum absolute atomic E-state index is 0.143. The molecule has 1 heterocycles. The van der Waals surface area contributed by atoms with Gasteiger partial charge in [0, 0.05) is 24.9 Å². The smallest absolute Gasteiger partial charge is 0.410 e. The van der Waals surface area contributed by atoms with Gasteiger partial charge in [-0.25, -0.2) is 9.18 Å². The molecule has 0 bridgehead atoms. The molecule has 6 heteroatoms. The van der Waals surface area contributed by atoms with Crippen LogP contribution in [0.3, 0.4) is 0 Å². The SMILES string of the molecule is CCCCOC(=O)N(CCC(=O)c1ccc(Cc2ccc(F)cc2)o1)C(C)(C)C. The van der Waals surface area contributed by atoms with E-state index in [2.05, 4.69) is 0 Å². The Morgan fingerprint density at radius 2 is 1.79 bits per heavy atom. The highest BCUT2D eigenvalue weighted by Crippen LogP contribution is 2.19. The van der Waals surface area contributed by atoms with Gasteiger partial charge in [-0.05, 0) is 57.0 Å². The number of Topliss-reactive ketones (excluding diaryl/α,β-unsaturated/α-hetero) is 1. The van der Waals surface area contributed by atoms with Crippen LogP contribution in [-0.4, -0.2) is 35.5 Å². The molecule has 0 saturated heterocycles. The summed E-state index contributed by atoms with van der Waals surface area (Å²) in [6, 6.07) is 9.55. The van der Waals surface area contributed by atoms with Crippen LogP contribution >= 0.6 is 0 Å². The number of unbranched alkanes of at least 4 members (excludes halogenated alkanes) is 1. The molecule has 0 aliphatic carbocycles. The molecule has 0 N–H and O–H groups in total. The van der Waals surface area contributed by atoms with Crippen molar-refractivity contribution < 1.29 is 23.1 Å². The summed E-state index contributed by atoms with van der Waals surface area (Å²) in [5, 5.41) is 0. The van der Waals surface area contributed by atoms with Gasteiger partial charge in [0.1, 0.15) is 11.6 Å². The Labute approximate surface area is 171 Å². The lowest BCUT2D eigenvalue weighted by molar-refractivity contribution is 0.0640. The number of benzene rings is 1. The first-order chi connectivity index (χ1) is 13.7. The molecular weight excluding hydrogens is 373 g/mol. The van der Waals surface area contributed by atoms with Crippen LogP contribution in [0.1, 0.15) is 68.8 Å². The van der Waals surface area contributed by atoms with Gasteiger partial charge < -0.3 is 14.1 Å². The number of nitrogens with zero attached hydrogens (tertiary/aromatic N) is 1. The Morgan fingerprint density at radius 1 is 1.10 bits per heavy atom. The predicted molar refractivity (Wildman–Crippen MR) is 110 cm³/mol. The highest BCUT2D eigenvalue weighted by molar-refractivity contribution is 5.93. The van der Waals surface area contributed by atoms with E-state index in [0.29, 0.717) is 18.8 Å². The van der Waals surface area contributed by atoms with Gasteiger partial charge in [-0.3, -0.25) is 4.79 Å². The third-order valence-corrected chi connectivity index (χ3v) is 4.54. The topological polar surface area (TPSA) is 59.8 Å².